The van der Waals surface area contributed by atoms with E-state index < -0.39 is 0 Å². The van der Waals surface area contributed by atoms with Gasteiger partial charge in [-0.15, -0.1) is 0 Å². The average molecular weight is 232 g/mol. The van der Waals surface area contributed by atoms with Crippen LogP contribution in [-0.2, 0) is 4.79 Å². The van der Waals surface area contributed by atoms with Gasteiger partial charge in [-0.25, -0.2) is 0 Å². The van der Waals surface area contributed by atoms with Crippen LogP contribution in [0.5, 0.6) is 5.75 Å². The van der Waals surface area contributed by atoms with Crippen molar-refractivity contribution in [3.63, 3.8) is 0 Å². The molecule has 4 heteroatoms. The van der Waals surface area contributed by atoms with Crippen LogP contribution in [0.25, 0.3) is 0 Å². The van der Waals surface area contributed by atoms with Crippen molar-refractivity contribution in [3.05, 3.63) is 29.8 Å². The smallest absolute Gasteiger partial charge is 0.228 e. The van der Waals surface area contributed by atoms with Crippen LogP contribution < -0.4 is 4.74 Å². The topological polar surface area (TPSA) is 53.4 Å². The standard InChI is InChI=1S/C13H16N2O2/c1-9(14)15-12(7-8-13(15)16)10-3-5-11(17-2)6-4-10/h3-6,12,14H,7-8H2,1-2H3. The maximum atomic E-state index is 11.7. The van der Waals surface area contributed by atoms with E-state index in [9.17, 15) is 4.79 Å². The van der Waals surface area contributed by atoms with Gasteiger partial charge in [0.15, 0.2) is 0 Å². The van der Waals surface area contributed by atoms with Crippen LogP contribution >= 0.6 is 0 Å². The zero-order valence-electron chi connectivity index (χ0n) is 10.1. The van der Waals surface area contributed by atoms with Crippen LogP contribution in [0.3, 0.4) is 0 Å². The summed E-state index contributed by atoms with van der Waals surface area (Å²) in [5.41, 5.74) is 1.06. The number of nitrogens with zero attached hydrogens (tertiary/aromatic N) is 1. The first-order chi connectivity index (χ1) is 8.13. The van der Waals surface area contributed by atoms with Crippen molar-refractivity contribution in [1.82, 2.24) is 4.90 Å². The maximum absolute atomic E-state index is 11.7. The van der Waals surface area contributed by atoms with Crippen molar-refractivity contribution in [2.24, 2.45) is 0 Å². The number of nitrogens with one attached hydrogen (secondary N) is 1. The van der Waals surface area contributed by atoms with Crippen LogP contribution in [0, 0.1) is 5.41 Å². The van der Waals surface area contributed by atoms with E-state index in [1.165, 1.54) is 0 Å². The Balaban J connectivity index is 2.26. The molecule has 4 nitrogen and oxygen atoms in total. The second-order valence-corrected chi connectivity index (χ2v) is 4.18. The van der Waals surface area contributed by atoms with E-state index in [0.29, 0.717) is 12.3 Å². The summed E-state index contributed by atoms with van der Waals surface area (Å²) in [6.07, 6.45) is 1.30. The highest BCUT2D eigenvalue weighted by Crippen LogP contribution is 2.33. The summed E-state index contributed by atoms with van der Waals surface area (Å²) in [5, 5.41) is 7.66. The Labute approximate surface area is 101 Å². The van der Waals surface area contributed by atoms with Crippen molar-refractivity contribution in [2.45, 2.75) is 25.8 Å². The Hall–Kier alpha value is -1.84. The van der Waals surface area contributed by atoms with Crippen LogP contribution in [0.2, 0.25) is 0 Å². The minimum atomic E-state index is 0.00547. The zero-order valence-corrected chi connectivity index (χ0v) is 10.1. The van der Waals surface area contributed by atoms with Crippen LogP contribution in [0.15, 0.2) is 24.3 Å². The van der Waals surface area contributed by atoms with Crippen LogP contribution in [0.1, 0.15) is 31.4 Å². The number of rotatable bonds is 2. The van der Waals surface area contributed by atoms with E-state index >= 15 is 0 Å². The molecule has 1 aromatic rings. The number of carbonyl (C=O) groups is 1. The fraction of sp³-hybridized carbons (Fsp3) is 0.385. The van der Waals surface area contributed by atoms with E-state index in [0.717, 1.165) is 17.7 Å². The molecule has 0 aromatic heterocycles. The number of carbonyl (C=O) groups excluding carboxylic acids is 1. The lowest BCUT2D eigenvalue weighted by atomic mass is 10.0. The molecule has 0 aliphatic carbocycles. The predicted octanol–water partition coefficient (Wildman–Crippen LogP) is 2.36. The average Bonchev–Trinajstić information content (AvgIpc) is 2.71. The van der Waals surface area contributed by atoms with Crippen molar-refractivity contribution in [2.75, 3.05) is 7.11 Å². The molecule has 0 bridgehead atoms. The Morgan fingerprint density at radius 1 is 1.41 bits per heavy atom. The first kappa shape index (κ1) is 11.6. The highest BCUT2D eigenvalue weighted by atomic mass is 16.5. The van der Waals surface area contributed by atoms with Gasteiger partial charge in [0.2, 0.25) is 5.91 Å². The largest absolute Gasteiger partial charge is 0.497 e. The van der Waals surface area contributed by atoms with E-state index in [1.807, 2.05) is 24.3 Å². The Morgan fingerprint density at radius 2 is 2.06 bits per heavy atom. The Kier molecular flexibility index (Phi) is 3.13. The van der Waals surface area contributed by atoms with E-state index in [4.69, 9.17) is 10.1 Å². The molecule has 1 amide bonds. The maximum Gasteiger partial charge on any atom is 0.228 e. The molecule has 17 heavy (non-hydrogen) atoms. The molecule has 1 heterocycles. The van der Waals surface area contributed by atoms with Gasteiger partial charge in [-0.2, -0.15) is 0 Å². The molecule has 1 unspecified atom stereocenters. The molecule has 1 aromatic carbocycles. The highest BCUT2D eigenvalue weighted by Gasteiger charge is 2.33. The molecule has 1 saturated heterocycles. The molecular weight excluding hydrogens is 216 g/mol. The number of methoxy groups -OCH3 is 1. The van der Waals surface area contributed by atoms with Crippen LogP contribution in [0.4, 0.5) is 0 Å². The summed E-state index contributed by atoms with van der Waals surface area (Å²) in [5.74, 6) is 1.16. The van der Waals surface area contributed by atoms with Crippen LogP contribution in [-0.4, -0.2) is 23.8 Å². The van der Waals surface area contributed by atoms with Gasteiger partial charge < -0.3 is 4.74 Å². The van der Waals surface area contributed by atoms with Gasteiger partial charge in [0.25, 0.3) is 0 Å². The van der Waals surface area contributed by atoms with E-state index in [2.05, 4.69) is 0 Å². The normalized spacial score (nSPS) is 19.5. The third-order valence-electron chi connectivity index (χ3n) is 3.07. The number of hydrogen-bond acceptors (Lipinski definition) is 3. The minimum Gasteiger partial charge on any atom is -0.497 e. The fourth-order valence-corrected chi connectivity index (χ4v) is 2.25. The van der Waals surface area contributed by atoms with Gasteiger partial charge in [0.1, 0.15) is 5.75 Å². The molecule has 1 aliphatic heterocycles. The SMILES string of the molecule is COc1ccc(C2CCC(=O)N2C(C)=N)cc1. The Bertz CT molecular complexity index is 439. The van der Waals surface area contributed by atoms with E-state index in [1.54, 1.807) is 18.9 Å². The fourth-order valence-electron chi connectivity index (χ4n) is 2.25. The molecule has 0 spiro atoms. The lowest BCUT2D eigenvalue weighted by molar-refractivity contribution is -0.125. The van der Waals surface area contributed by atoms with Crippen molar-refractivity contribution >= 4 is 11.7 Å². The molecule has 1 N–H and O–H groups in total. The summed E-state index contributed by atoms with van der Waals surface area (Å²) in [6, 6.07) is 7.69. The van der Waals surface area contributed by atoms with Gasteiger partial charge in [-0.3, -0.25) is 15.1 Å². The van der Waals surface area contributed by atoms with Gasteiger partial charge >= 0.3 is 0 Å². The van der Waals surface area contributed by atoms with Crippen molar-refractivity contribution in [3.8, 4) is 5.75 Å². The van der Waals surface area contributed by atoms with E-state index in [-0.39, 0.29) is 11.9 Å². The summed E-state index contributed by atoms with van der Waals surface area (Å²) in [7, 11) is 1.63. The monoisotopic (exact) mass is 232 g/mol. The highest BCUT2D eigenvalue weighted by molar-refractivity contribution is 5.97. The number of hydrogen-bond donors (Lipinski definition) is 1. The van der Waals surface area contributed by atoms with Gasteiger partial charge in [-0.05, 0) is 31.0 Å². The first-order valence-corrected chi connectivity index (χ1v) is 5.64. The first-order valence-electron chi connectivity index (χ1n) is 5.64. The molecular formula is C13H16N2O2. The zero-order chi connectivity index (χ0) is 12.4. The lowest BCUT2D eigenvalue weighted by Crippen LogP contribution is -2.31. The number of amidine groups is 1. The van der Waals surface area contributed by atoms with Gasteiger partial charge in [-0.1, -0.05) is 12.1 Å². The van der Waals surface area contributed by atoms with Crippen molar-refractivity contribution in [1.29, 1.82) is 5.41 Å². The summed E-state index contributed by atoms with van der Waals surface area (Å²) < 4.78 is 5.10. The molecule has 90 valence electrons. The molecule has 1 aliphatic rings. The summed E-state index contributed by atoms with van der Waals surface area (Å²) >= 11 is 0. The molecule has 1 fully saturated rings. The second kappa shape index (κ2) is 4.57. The number of benzene rings is 1. The second-order valence-electron chi connectivity index (χ2n) is 4.18. The lowest BCUT2D eigenvalue weighted by Gasteiger charge is -2.23. The molecule has 1 atom stereocenters. The third kappa shape index (κ3) is 2.16. The van der Waals surface area contributed by atoms with Gasteiger partial charge in [0, 0.05) is 6.42 Å². The molecule has 0 saturated carbocycles. The number of likely N-dealkylation sites (tertiary alicyclic amines) is 1. The molecule has 2 rings (SSSR count). The minimum absolute atomic E-state index is 0.00547. The predicted molar refractivity (Wildman–Crippen MR) is 65.2 cm³/mol. The number of ether oxygens (including phenoxy) is 1. The summed E-state index contributed by atoms with van der Waals surface area (Å²) in [4.78, 5) is 13.3. The van der Waals surface area contributed by atoms with Gasteiger partial charge in [0.05, 0.1) is 19.0 Å². The number of amides is 1. The van der Waals surface area contributed by atoms with Crippen molar-refractivity contribution < 1.29 is 9.53 Å². The third-order valence-corrected chi connectivity index (χ3v) is 3.07. The quantitative estimate of drug-likeness (QED) is 0.628. The Morgan fingerprint density at radius 3 is 2.59 bits per heavy atom. The summed E-state index contributed by atoms with van der Waals surface area (Å²) in [6.45, 7) is 1.65. The molecule has 0 radical (unpaired) electrons.